The summed E-state index contributed by atoms with van der Waals surface area (Å²) >= 11 is 1.32. The molecule has 0 radical (unpaired) electrons. The molecular weight excluding hydrogens is 420 g/mol. The third-order valence-corrected chi connectivity index (χ3v) is 5.95. The maximum Gasteiger partial charge on any atom is 0.353 e. The van der Waals surface area contributed by atoms with Gasteiger partial charge in [0.25, 0.3) is 5.56 Å². The van der Waals surface area contributed by atoms with Gasteiger partial charge >= 0.3 is 5.97 Å². The number of esters is 1. The largest absolute Gasteiger partial charge is 0.422 e. The summed E-state index contributed by atoms with van der Waals surface area (Å²) in [5.41, 5.74) is 2.00. The van der Waals surface area contributed by atoms with E-state index >= 15 is 0 Å². The molecule has 0 atom stereocenters. The van der Waals surface area contributed by atoms with E-state index in [1.54, 1.807) is 34.9 Å². The second kappa shape index (κ2) is 8.61. The van der Waals surface area contributed by atoms with Gasteiger partial charge in [0.05, 0.1) is 23.0 Å². The van der Waals surface area contributed by atoms with Gasteiger partial charge in [0.15, 0.2) is 0 Å². The van der Waals surface area contributed by atoms with Crippen LogP contribution in [0.15, 0.2) is 101 Å². The van der Waals surface area contributed by atoms with Crippen LogP contribution < -0.4 is 10.3 Å². The SMILES string of the molecule is O=C(Oc1ccccc1-c1nc2ccccc2c(=O)n1Cc1ccccc1)c1cccs1. The highest BCUT2D eigenvalue weighted by molar-refractivity contribution is 7.12. The topological polar surface area (TPSA) is 61.2 Å². The van der Waals surface area contributed by atoms with Crippen LogP contribution in [0, 0.1) is 0 Å². The molecule has 2 aromatic heterocycles. The molecule has 0 bridgehead atoms. The predicted molar refractivity (Wildman–Crippen MR) is 126 cm³/mol. The van der Waals surface area contributed by atoms with Crippen molar-refractivity contribution in [2.75, 3.05) is 0 Å². The highest BCUT2D eigenvalue weighted by atomic mass is 32.1. The number of hydrogen-bond acceptors (Lipinski definition) is 5. The number of nitrogens with zero attached hydrogens (tertiary/aromatic N) is 2. The lowest BCUT2D eigenvalue weighted by Gasteiger charge is -2.16. The number of fused-ring (bicyclic) bond motifs is 1. The van der Waals surface area contributed by atoms with E-state index in [1.165, 1.54) is 11.3 Å². The summed E-state index contributed by atoms with van der Waals surface area (Å²) in [6, 6.07) is 27.7. The molecule has 0 saturated heterocycles. The van der Waals surface area contributed by atoms with Crippen molar-refractivity contribution in [3.05, 3.63) is 117 Å². The highest BCUT2D eigenvalue weighted by Crippen LogP contribution is 2.30. The molecule has 156 valence electrons. The molecule has 5 rings (SSSR count). The van der Waals surface area contributed by atoms with Gasteiger partial charge in [-0.05, 0) is 41.3 Å². The average molecular weight is 439 g/mol. The lowest BCUT2D eigenvalue weighted by atomic mass is 10.1. The van der Waals surface area contributed by atoms with Crippen LogP contribution in [-0.4, -0.2) is 15.5 Å². The number of hydrogen-bond donors (Lipinski definition) is 0. The zero-order valence-electron chi connectivity index (χ0n) is 17.0. The zero-order valence-corrected chi connectivity index (χ0v) is 17.8. The number of benzene rings is 3. The number of thiophene rings is 1. The Morgan fingerprint density at radius 3 is 2.44 bits per heavy atom. The Labute approximate surface area is 188 Å². The van der Waals surface area contributed by atoms with Gasteiger partial charge in [-0.3, -0.25) is 9.36 Å². The quantitative estimate of drug-likeness (QED) is 0.273. The molecule has 0 fully saturated rings. The zero-order chi connectivity index (χ0) is 21.9. The van der Waals surface area contributed by atoms with E-state index in [0.29, 0.717) is 39.5 Å². The van der Waals surface area contributed by atoms with Crippen LogP contribution >= 0.6 is 11.3 Å². The second-order valence-corrected chi connectivity index (χ2v) is 8.14. The van der Waals surface area contributed by atoms with Crippen molar-refractivity contribution < 1.29 is 9.53 Å². The third kappa shape index (κ3) is 3.84. The fourth-order valence-corrected chi connectivity index (χ4v) is 4.17. The molecule has 5 nitrogen and oxygen atoms in total. The molecule has 6 heteroatoms. The van der Waals surface area contributed by atoms with E-state index in [2.05, 4.69) is 0 Å². The van der Waals surface area contributed by atoms with Gasteiger partial charge in [-0.15, -0.1) is 11.3 Å². The van der Waals surface area contributed by atoms with E-state index in [9.17, 15) is 9.59 Å². The molecule has 0 unspecified atom stereocenters. The van der Waals surface area contributed by atoms with Gasteiger partial charge in [0, 0.05) is 0 Å². The smallest absolute Gasteiger partial charge is 0.353 e. The number of carbonyl (C=O) groups is 1. The van der Waals surface area contributed by atoms with Gasteiger partial charge in [-0.2, -0.15) is 0 Å². The van der Waals surface area contributed by atoms with Crippen LogP contribution in [0.3, 0.4) is 0 Å². The van der Waals surface area contributed by atoms with Gasteiger partial charge in [-0.25, -0.2) is 9.78 Å². The number of para-hydroxylation sites is 2. The summed E-state index contributed by atoms with van der Waals surface area (Å²) in [4.78, 5) is 31.4. The summed E-state index contributed by atoms with van der Waals surface area (Å²) in [5.74, 6) is 0.368. The van der Waals surface area contributed by atoms with Gasteiger partial charge in [0.1, 0.15) is 16.5 Å². The summed E-state index contributed by atoms with van der Waals surface area (Å²) in [6.45, 7) is 0.347. The first-order chi connectivity index (χ1) is 15.7. The van der Waals surface area contributed by atoms with Crippen molar-refractivity contribution >= 4 is 28.2 Å². The molecule has 32 heavy (non-hydrogen) atoms. The van der Waals surface area contributed by atoms with Crippen molar-refractivity contribution in [3.8, 4) is 17.1 Å². The Bertz CT molecular complexity index is 1460. The van der Waals surface area contributed by atoms with Crippen molar-refractivity contribution in [2.45, 2.75) is 6.54 Å². The van der Waals surface area contributed by atoms with Crippen LogP contribution in [0.2, 0.25) is 0 Å². The lowest BCUT2D eigenvalue weighted by molar-refractivity contribution is 0.0740. The summed E-state index contributed by atoms with van der Waals surface area (Å²) < 4.78 is 7.35. The van der Waals surface area contributed by atoms with Gasteiger partial charge < -0.3 is 4.74 Å². The number of ether oxygens (including phenoxy) is 1. The van der Waals surface area contributed by atoms with E-state index in [-0.39, 0.29) is 5.56 Å². The molecule has 0 aliphatic carbocycles. The predicted octanol–water partition coefficient (Wildman–Crippen LogP) is 5.39. The molecule has 5 aromatic rings. The van der Waals surface area contributed by atoms with Crippen molar-refractivity contribution in [2.24, 2.45) is 0 Å². The van der Waals surface area contributed by atoms with E-state index < -0.39 is 5.97 Å². The van der Waals surface area contributed by atoms with Gasteiger partial charge in [0.2, 0.25) is 0 Å². The van der Waals surface area contributed by atoms with Gasteiger partial charge in [-0.1, -0.05) is 60.7 Å². The minimum atomic E-state index is -0.440. The van der Waals surface area contributed by atoms with E-state index in [1.807, 2.05) is 66.0 Å². The number of carbonyl (C=O) groups excluding carboxylic acids is 1. The van der Waals surface area contributed by atoms with Crippen LogP contribution in [0.1, 0.15) is 15.2 Å². The molecule has 0 aliphatic rings. The average Bonchev–Trinajstić information content (AvgIpc) is 3.37. The molecule has 0 aliphatic heterocycles. The van der Waals surface area contributed by atoms with Crippen LogP contribution in [-0.2, 0) is 6.54 Å². The fourth-order valence-electron chi connectivity index (χ4n) is 3.57. The lowest BCUT2D eigenvalue weighted by Crippen LogP contribution is -2.24. The molecular formula is C26H18N2O3S. The van der Waals surface area contributed by atoms with Crippen molar-refractivity contribution in [1.82, 2.24) is 9.55 Å². The Kier molecular flexibility index (Phi) is 5.35. The molecule has 0 spiro atoms. The van der Waals surface area contributed by atoms with Crippen LogP contribution in [0.4, 0.5) is 0 Å². The first kappa shape index (κ1) is 19.9. The normalized spacial score (nSPS) is 10.9. The molecule has 0 saturated carbocycles. The van der Waals surface area contributed by atoms with E-state index in [0.717, 1.165) is 5.56 Å². The second-order valence-electron chi connectivity index (χ2n) is 7.19. The standard InChI is InChI=1S/C26H18N2O3S/c29-25-19-11-4-6-13-21(19)27-24(28(25)17-18-9-2-1-3-10-18)20-12-5-7-14-22(20)31-26(30)23-15-8-16-32-23/h1-16H,17H2. The first-order valence-corrected chi connectivity index (χ1v) is 11.0. The monoisotopic (exact) mass is 438 g/mol. The Morgan fingerprint density at radius 1 is 0.875 bits per heavy atom. The molecule has 0 amide bonds. The molecule has 3 aromatic carbocycles. The number of aromatic nitrogens is 2. The Morgan fingerprint density at radius 2 is 1.62 bits per heavy atom. The third-order valence-electron chi connectivity index (χ3n) is 5.10. The first-order valence-electron chi connectivity index (χ1n) is 10.1. The summed E-state index contributed by atoms with van der Waals surface area (Å²) in [7, 11) is 0. The van der Waals surface area contributed by atoms with Crippen molar-refractivity contribution in [3.63, 3.8) is 0 Å². The number of rotatable bonds is 5. The summed E-state index contributed by atoms with van der Waals surface area (Å²) in [6.07, 6.45) is 0. The Hall–Kier alpha value is -4.03. The maximum absolute atomic E-state index is 13.5. The molecule has 2 heterocycles. The van der Waals surface area contributed by atoms with E-state index in [4.69, 9.17) is 9.72 Å². The summed E-state index contributed by atoms with van der Waals surface area (Å²) in [5, 5.41) is 2.37. The Balaban J connectivity index is 1.68. The van der Waals surface area contributed by atoms with Crippen LogP contribution in [0.25, 0.3) is 22.3 Å². The maximum atomic E-state index is 13.5. The minimum absolute atomic E-state index is 0.145. The van der Waals surface area contributed by atoms with Crippen molar-refractivity contribution in [1.29, 1.82) is 0 Å². The molecule has 0 N–H and O–H groups in total. The van der Waals surface area contributed by atoms with Crippen LogP contribution in [0.5, 0.6) is 5.75 Å². The highest BCUT2D eigenvalue weighted by Gasteiger charge is 2.19. The minimum Gasteiger partial charge on any atom is -0.422 e. The fraction of sp³-hybridized carbons (Fsp3) is 0.0385.